The van der Waals surface area contributed by atoms with E-state index in [-0.39, 0.29) is 25.3 Å². The largest absolute Gasteiger partial charge is 0.408 e. The first-order valence-corrected chi connectivity index (χ1v) is 11.4. The Kier molecular flexibility index (Phi) is 7.12. The molecule has 0 spiro atoms. The topological polar surface area (TPSA) is 87.5 Å². The van der Waals surface area contributed by atoms with Gasteiger partial charge in [0.2, 0.25) is 5.43 Å². The van der Waals surface area contributed by atoms with Gasteiger partial charge in [0.05, 0.1) is 11.5 Å². The lowest BCUT2D eigenvalue weighted by molar-refractivity contribution is -0.162. The van der Waals surface area contributed by atoms with Crippen molar-refractivity contribution in [1.82, 2.24) is 14.9 Å². The summed E-state index contributed by atoms with van der Waals surface area (Å²) in [7, 11) is 0. The van der Waals surface area contributed by atoms with Crippen LogP contribution in [-0.4, -0.2) is 52.0 Å². The van der Waals surface area contributed by atoms with Crippen LogP contribution in [0.15, 0.2) is 29.2 Å². The summed E-state index contributed by atoms with van der Waals surface area (Å²) < 4.78 is 99.1. The Morgan fingerprint density at radius 2 is 1.74 bits per heavy atom. The zero-order valence-electron chi connectivity index (χ0n) is 19.9. The molecule has 3 aromatic rings. The monoisotopic (exact) mass is 546 g/mol. The Bertz CT molecular complexity index is 1450. The van der Waals surface area contributed by atoms with E-state index in [9.17, 15) is 41.0 Å². The van der Waals surface area contributed by atoms with E-state index in [1.165, 1.54) is 18.7 Å². The predicted molar refractivity (Wildman–Crippen MR) is 122 cm³/mol. The summed E-state index contributed by atoms with van der Waals surface area (Å²) in [6.07, 6.45) is -4.87. The van der Waals surface area contributed by atoms with Gasteiger partial charge in [0, 0.05) is 31.4 Å². The maximum Gasteiger partial charge on any atom is 0.408 e. The Hall–Kier alpha value is -3.68. The van der Waals surface area contributed by atoms with Crippen LogP contribution in [0.4, 0.5) is 36.6 Å². The number of amides is 1. The smallest absolute Gasteiger partial charge is 0.391 e. The van der Waals surface area contributed by atoms with Gasteiger partial charge in [0.1, 0.15) is 23.1 Å². The number of alkyl halides is 3. The Morgan fingerprint density at radius 3 is 2.26 bits per heavy atom. The van der Waals surface area contributed by atoms with Crippen molar-refractivity contribution in [3.8, 4) is 5.69 Å². The molecule has 3 heterocycles. The second-order valence-electron chi connectivity index (χ2n) is 9.25. The lowest BCUT2D eigenvalue weighted by Gasteiger charge is -2.25. The molecule has 2 aromatic heterocycles. The number of aliphatic hydroxyl groups excluding tert-OH is 1. The summed E-state index contributed by atoms with van der Waals surface area (Å²) in [4.78, 5) is 31.4. The van der Waals surface area contributed by atoms with Gasteiger partial charge < -0.3 is 15.3 Å². The molecule has 1 saturated heterocycles. The number of halogens is 7. The molecule has 1 amide bonds. The number of carbonyl (C=O) groups is 1. The fourth-order valence-electron chi connectivity index (χ4n) is 4.31. The van der Waals surface area contributed by atoms with Gasteiger partial charge in [-0.1, -0.05) is 13.8 Å². The van der Waals surface area contributed by atoms with E-state index in [1.54, 1.807) is 5.32 Å². The van der Waals surface area contributed by atoms with Crippen LogP contribution in [0.3, 0.4) is 0 Å². The molecule has 38 heavy (non-hydrogen) atoms. The van der Waals surface area contributed by atoms with Crippen LogP contribution in [0.1, 0.15) is 30.6 Å². The number of β-amino-alcohol motifs (C(OH)–C–C–N with tert-alkyl or cyclic N) is 1. The Morgan fingerprint density at radius 1 is 1.11 bits per heavy atom. The van der Waals surface area contributed by atoms with Gasteiger partial charge in [-0.25, -0.2) is 22.5 Å². The highest BCUT2D eigenvalue weighted by molar-refractivity contribution is 5.97. The maximum atomic E-state index is 15.0. The first kappa shape index (κ1) is 27.4. The van der Waals surface area contributed by atoms with Crippen LogP contribution in [0.25, 0.3) is 16.7 Å². The third-order valence-corrected chi connectivity index (χ3v) is 6.15. The summed E-state index contributed by atoms with van der Waals surface area (Å²) in [6, 6.07) is -1.12. The van der Waals surface area contributed by atoms with Gasteiger partial charge in [-0.05, 0) is 18.4 Å². The Labute approximate surface area is 210 Å². The zero-order chi connectivity index (χ0) is 28.1. The van der Waals surface area contributed by atoms with Crippen LogP contribution >= 0.6 is 0 Å². The number of nitrogens with one attached hydrogen (secondary N) is 1. The first-order valence-electron chi connectivity index (χ1n) is 11.4. The summed E-state index contributed by atoms with van der Waals surface area (Å²) in [5.74, 6) is -8.40. The molecule has 1 aromatic carbocycles. The van der Waals surface area contributed by atoms with Gasteiger partial charge in [-0.15, -0.1) is 0 Å². The number of aromatic nitrogens is 2. The second-order valence-corrected chi connectivity index (χ2v) is 9.25. The molecule has 7 nitrogen and oxygen atoms in total. The molecule has 1 unspecified atom stereocenters. The average Bonchev–Trinajstić information content (AvgIpc) is 3.22. The van der Waals surface area contributed by atoms with E-state index in [4.69, 9.17) is 0 Å². The van der Waals surface area contributed by atoms with Crippen LogP contribution in [-0.2, 0) is 0 Å². The molecule has 0 aliphatic carbocycles. The number of anilines is 1. The van der Waals surface area contributed by atoms with Crippen molar-refractivity contribution in [3.05, 3.63) is 63.5 Å². The molecule has 1 fully saturated rings. The highest BCUT2D eigenvalue weighted by Gasteiger charge is 2.43. The van der Waals surface area contributed by atoms with Crippen LogP contribution in [0, 0.1) is 29.2 Å². The lowest BCUT2D eigenvalue weighted by atomic mass is 10.0. The van der Waals surface area contributed by atoms with Crippen molar-refractivity contribution in [2.45, 2.75) is 38.6 Å². The number of rotatable bonds is 5. The normalized spacial score (nSPS) is 16.9. The quantitative estimate of drug-likeness (QED) is 0.476. The number of fused-ring (bicyclic) bond motifs is 1. The number of benzene rings is 1. The molecule has 0 radical (unpaired) electrons. The molecular formula is C24H21F7N4O3. The molecule has 204 valence electrons. The first-order chi connectivity index (χ1) is 17.7. The van der Waals surface area contributed by atoms with Gasteiger partial charge >= 0.3 is 6.18 Å². The molecule has 0 bridgehead atoms. The minimum Gasteiger partial charge on any atom is -0.391 e. The number of nitrogens with zero attached hydrogens (tertiary/aromatic N) is 3. The minimum atomic E-state index is -4.89. The molecule has 1 aliphatic rings. The van der Waals surface area contributed by atoms with Crippen molar-refractivity contribution >= 4 is 22.8 Å². The standard InChI is InChI=1S/C24H21F7N4O3/c1-10(2)20(24(29,30)31)32-23(38)14-9-35(18-15(26)5-11(25)6-16(18)27)21-13(19(14)37)7-17(28)22(33-21)34-4-3-12(36)8-34/h5-7,9-10,12,20,36H,3-4,8H2,1-2H3,(H,32,38)/t12-,20?/m0/s1. The molecule has 4 rings (SSSR count). The zero-order valence-corrected chi connectivity index (χ0v) is 19.9. The number of carbonyl (C=O) groups excluding carboxylic acids is 1. The molecule has 2 N–H and O–H groups in total. The molecule has 2 atom stereocenters. The highest BCUT2D eigenvalue weighted by Crippen LogP contribution is 2.29. The molecule has 14 heteroatoms. The van der Waals surface area contributed by atoms with Gasteiger partial charge in [-0.3, -0.25) is 14.2 Å². The number of aliphatic hydroxyl groups is 1. The SMILES string of the molecule is CC(C)C(NC(=O)c1cn(-c2c(F)cc(F)cc2F)c2nc(N3CC[C@H](O)C3)c(F)cc2c1=O)C(F)(F)F. The molecule has 1 aliphatic heterocycles. The van der Waals surface area contributed by atoms with E-state index >= 15 is 4.39 Å². The summed E-state index contributed by atoms with van der Waals surface area (Å²) >= 11 is 0. The lowest BCUT2D eigenvalue weighted by Crippen LogP contribution is -2.49. The molecular weight excluding hydrogens is 525 g/mol. The summed E-state index contributed by atoms with van der Waals surface area (Å²) in [5, 5.41) is 10.8. The minimum absolute atomic E-state index is 0.0343. The fourth-order valence-corrected chi connectivity index (χ4v) is 4.31. The molecule has 0 saturated carbocycles. The van der Waals surface area contributed by atoms with E-state index in [0.717, 1.165) is 0 Å². The van der Waals surface area contributed by atoms with Gasteiger partial charge in [0.25, 0.3) is 5.91 Å². The van der Waals surface area contributed by atoms with Crippen molar-refractivity contribution in [2.24, 2.45) is 5.92 Å². The van der Waals surface area contributed by atoms with E-state index in [1.807, 2.05) is 0 Å². The van der Waals surface area contributed by atoms with Gasteiger partial charge in [0.15, 0.2) is 28.9 Å². The fraction of sp³-hybridized carbons (Fsp3) is 0.375. The third-order valence-electron chi connectivity index (χ3n) is 6.15. The maximum absolute atomic E-state index is 15.0. The van der Waals surface area contributed by atoms with Crippen molar-refractivity contribution in [3.63, 3.8) is 0 Å². The number of hydrogen-bond acceptors (Lipinski definition) is 5. The van der Waals surface area contributed by atoms with Gasteiger partial charge in [-0.2, -0.15) is 13.2 Å². The van der Waals surface area contributed by atoms with Crippen molar-refractivity contribution in [1.29, 1.82) is 0 Å². The average molecular weight is 546 g/mol. The van der Waals surface area contributed by atoms with Crippen LogP contribution < -0.4 is 15.6 Å². The predicted octanol–water partition coefficient (Wildman–Crippen LogP) is 3.83. The van der Waals surface area contributed by atoms with Crippen LogP contribution in [0.2, 0.25) is 0 Å². The number of hydrogen-bond donors (Lipinski definition) is 2. The third kappa shape index (κ3) is 5.04. The van der Waals surface area contributed by atoms with E-state index in [2.05, 4.69) is 4.98 Å². The highest BCUT2D eigenvalue weighted by atomic mass is 19.4. The van der Waals surface area contributed by atoms with Crippen molar-refractivity contribution < 1.29 is 40.6 Å². The summed E-state index contributed by atoms with van der Waals surface area (Å²) in [5.41, 5.74) is -3.79. The van der Waals surface area contributed by atoms with E-state index in [0.29, 0.717) is 29.0 Å². The Balaban J connectivity index is 1.99. The van der Waals surface area contributed by atoms with Crippen molar-refractivity contribution in [2.75, 3.05) is 18.0 Å². The van der Waals surface area contributed by atoms with Crippen LogP contribution in [0.5, 0.6) is 0 Å². The number of pyridine rings is 2. The second kappa shape index (κ2) is 9.89. The van der Waals surface area contributed by atoms with E-state index < -0.39 is 81.1 Å². The summed E-state index contributed by atoms with van der Waals surface area (Å²) in [6.45, 7) is 2.48.